The van der Waals surface area contributed by atoms with Crippen molar-refractivity contribution in [3.05, 3.63) is 29.8 Å². The Hall–Kier alpha value is -1.02. The van der Waals surface area contributed by atoms with Crippen molar-refractivity contribution in [2.45, 2.75) is 52.2 Å². The van der Waals surface area contributed by atoms with E-state index < -0.39 is 0 Å². The molecule has 0 radical (unpaired) electrons. The lowest BCUT2D eigenvalue weighted by Crippen LogP contribution is -2.39. The lowest BCUT2D eigenvalue weighted by molar-refractivity contribution is 0.105. The SMILES string of the molecule is CN=C(NCCC1CCCO1)NC(C)c1ccc(OCC(C)C)cc1.I. The molecule has 1 aliphatic heterocycles. The summed E-state index contributed by atoms with van der Waals surface area (Å²) in [5, 5.41) is 6.81. The summed E-state index contributed by atoms with van der Waals surface area (Å²) in [6, 6.07) is 8.44. The van der Waals surface area contributed by atoms with Gasteiger partial charge in [0.1, 0.15) is 5.75 Å². The van der Waals surface area contributed by atoms with Crippen LogP contribution in [0, 0.1) is 5.92 Å². The summed E-state index contributed by atoms with van der Waals surface area (Å²) in [6.07, 6.45) is 3.79. The zero-order valence-corrected chi connectivity index (χ0v) is 18.8. The van der Waals surface area contributed by atoms with Gasteiger partial charge in [0.25, 0.3) is 0 Å². The van der Waals surface area contributed by atoms with Crippen LogP contribution >= 0.6 is 24.0 Å². The van der Waals surface area contributed by atoms with Crippen LogP contribution in [0.5, 0.6) is 5.75 Å². The molecule has 5 nitrogen and oxygen atoms in total. The van der Waals surface area contributed by atoms with E-state index in [4.69, 9.17) is 9.47 Å². The van der Waals surface area contributed by atoms with Gasteiger partial charge in [-0.25, -0.2) is 0 Å². The highest BCUT2D eigenvalue weighted by atomic mass is 127. The topological polar surface area (TPSA) is 54.9 Å². The van der Waals surface area contributed by atoms with Crippen molar-refractivity contribution in [1.29, 1.82) is 0 Å². The first-order chi connectivity index (χ1) is 12.1. The van der Waals surface area contributed by atoms with Crippen molar-refractivity contribution in [2.75, 3.05) is 26.8 Å². The van der Waals surface area contributed by atoms with Gasteiger partial charge in [-0.2, -0.15) is 0 Å². The number of guanidine groups is 1. The molecule has 2 unspecified atom stereocenters. The normalized spacial score (nSPS) is 18.3. The highest BCUT2D eigenvalue weighted by Crippen LogP contribution is 2.18. The molecular weight excluding hydrogens is 441 g/mol. The summed E-state index contributed by atoms with van der Waals surface area (Å²) >= 11 is 0. The summed E-state index contributed by atoms with van der Waals surface area (Å²) in [4.78, 5) is 4.31. The third-order valence-electron chi connectivity index (χ3n) is 4.32. The predicted octanol–water partition coefficient (Wildman–Crippen LogP) is 4.13. The van der Waals surface area contributed by atoms with Gasteiger partial charge in [-0.05, 0) is 49.8 Å². The van der Waals surface area contributed by atoms with Crippen LogP contribution in [0.25, 0.3) is 0 Å². The zero-order valence-electron chi connectivity index (χ0n) is 16.5. The molecule has 1 fully saturated rings. The van der Waals surface area contributed by atoms with Crippen LogP contribution in [0.4, 0.5) is 0 Å². The molecule has 2 N–H and O–H groups in total. The second-order valence-electron chi connectivity index (χ2n) is 7.06. The summed E-state index contributed by atoms with van der Waals surface area (Å²) in [5.41, 5.74) is 1.21. The summed E-state index contributed by atoms with van der Waals surface area (Å²) in [7, 11) is 1.80. The van der Waals surface area contributed by atoms with Crippen molar-refractivity contribution >= 4 is 29.9 Å². The maximum atomic E-state index is 5.74. The fourth-order valence-electron chi connectivity index (χ4n) is 2.82. The van der Waals surface area contributed by atoms with Crippen LogP contribution in [0.1, 0.15) is 51.6 Å². The third kappa shape index (κ3) is 8.12. The fraction of sp³-hybridized carbons (Fsp3) is 0.650. The van der Waals surface area contributed by atoms with E-state index in [1.54, 1.807) is 7.05 Å². The average molecular weight is 475 g/mol. The second kappa shape index (κ2) is 12.4. The molecule has 1 aromatic rings. The molecule has 0 saturated carbocycles. The van der Waals surface area contributed by atoms with E-state index >= 15 is 0 Å². The molecule has 148 valence electrons. The first kappa shape index (κ1) is 23.0. The number of halogens is 1. The van der Waals surface area contributed by atoms with Crippen LogP contribution in [-0.2, 0) is 4.74 Å². The van der Waals surface area contributed by atoms with Crippen molar-refractivity contribution in [2.24, 2.45) is 10.9 Å². The predicted molar refractivity (Wildman–Crippen MR) is 119 cm³/mol. The van der Waals surface area contributed by atoms with E-state index in [0.29, 0.717) is 12.0 Å². The van der Waals surface area contributed by atoms with E-state index in [-0.39, 0.29) is 30.0 Å². The minimum atomic E-state index is 0. The molecule has 2 atom stereocenters. The van der Waals surface area contributed by atoms with E-state index in [1.807, 2.05) is 12.1 Å². The minimum Gasteiger partial charge on any atom is -0.493 e. The molecule has 1 aromatic carbocycles. The summed E-state index contributed by atoms with van der Waals surface area (Å²) in [5.74, 6) is 2.28. The smallest absolute Gasteiger partial charge is 0.191 e. The highest BCUT2D eigenvalue weighted by molar-refractivity contribution is 14.0. The first-order valence-corrected chi connectivity index (χ1v) is 9.40. The number of benzene rings is 1. The Morgan fingerprint density at radius 2 is 2.00 bits per heavy atom. The van der Waals surface area contributed by atoms with Gasteiger partial charge < -0.3 is 20.1 Å². The quantitative estimate of drug-likeness (QED) is 0.337. The van der Waals surface area contributed by atoms with Gasteiger partial charge >= 0.3 is 0 Å². The van der Waals surface area contributed by atoms with Crippen LogP contribution in [0.15, 0.2) is 29.3 Å². The monoisotopic (exact) mass is 475 g/mol. The van der Waals surface area contributed by atoms with Gasteiger partial charge in [0.05, 0.1) is 18.8 Å². The highest BCUT2D eigenvalue weighted by Gasteiger charge is 2.15. The van der Waals surface area contributed by atoms with Gasteiger partial charge in [0.15, 0.2) is 5.96 Å². The zero-order chi connectivity index (χ0) is 18.1. The van der Waals surface area contributed by atoms with Crippen molar-refractivity contribution in [1.82, 2.24) is 10.6 Å². The van der Waals surface area contributed by atoms with Crippen LogP contribution in [-0.4, -0.2) is 38.9 Å². The largest absolute Gasteiger partial charge is 0.493 e. The number of nitrogens with one attached hydrogen (secondary N) is 2. The number of ether oxygens (including phenoxy) is 2. The molecule has 0 amide bonds. The first-order valence-electron chi connectivity index (χ1n) is 9.40. The molecule has 6 heteroatoms. The van der Waals surface area contributed by atoms with Crippen LogP contribution in [0.2, 0.25) is 0 Å². The molecule has 1 heterocycles. The molecule has 0 aliphatic carbocycles. The Balaban J connectivity index is 0.00000338. The van der Waals surface area contributed by atoms with Gasteiger partial charge in [-0.3, -0.25) is 4.99 Å². The Kier molecular flexibility index (Phi) is 11.0. The van der Waals surface area contributed by atoms with Crippen LogP contribution in [0.3, 0.4) is 0 Å². The van der Waals surface area contributed by atoms with Gasteiger partial charge in [0.2, 0.25) is 0 Å². The number of aliphatic imine (C=N–C) groups is 1. The lowest BCUT2D eigenvalue weighted by Gasteiger charge is -2.19. The van der Waals surface area contributed by atoms with E-state index in [0.717, 1.165) is 37.9 Å². The number of hydrogen-bond acceptors (Lipinski definition) is 3. The molecule has 0 spiro atoms. The molecular formula is C20H34IN3O2. The Morgan fingerprint density at radius 3 is 2.58 bits per heavy atom. The van der Waals surface area contributed by atoms with Crippen molar-refractivity contribution in [3.8, 4) is 5.75 Å². The molecule has 1 aliphatic rings. The standard InChI is InChI=1S/C20H33N3O2.HI/c1-15(2)14-25-19-9-7-17(8-10-19)16(3)23-20(21-4)22-12-11-18-6-5-13-24-18;/h7-10,15-16,18H,5-6,11-14H2,1-4H3,(H2,21,22,23);1H. The van der Waals surface area contributed by atoms with E-state index in [1.165, 1.54) is 18.4 Å². The summed E-state index contributed by atoms with van der Waals surface area (Å²) in [6.45, 7) is 8.96. The molecule has 26 heavy (non-hydrogen) atoms. The Bertz CT molecular complexity index is 528. The van der Waals surface area contributed by atoms with E-state index in [9.17, 15) is 0 Å². The maximum absolute atomic E-state index is 5.74. The van der Waals surface area contributed by atoms with Gasteiger partial charge in [-0.15, -0.1) is 24.0 Å². The van der Waals surface area contributed by atoms with Gasteiger partial charge in [-0.1, -0.05) is 26.0 Å². The average Bonchev–Trinajstić information content (AvgIpc) is 3.12. The Morgan fingerprint density at radius 1 is 1.27 bits per heavy atom. The minimum absolute atomic E-state index is 0. The van der Waals surface area contributed by atoms with Crippen LogP contribution < -0.4 is 15.4 Å². The molecule has 1 saturated heterocycles. The van der Waals surface area contributed by atoms with E-state index in [2.05, 4.69) is 48.5 Å². The van der Waals surface area contributed by atoms with Gasteiger partial charge in [0, 0.05) is 20.2 Å². The second-order valence-corrected chi connectivity index (χ2v) is 7.06. The number of nitrogens with zero attached hydrogens (tertiary/aromatic N) is 1. The summed E-state index contributed by atoms with van der Waals surface area (Å²) < 4.78 is 11.4. The fourth-order valence-corrected chi connectivity index (χ4v) is 2.82. The third-order valence-corrected chi connectivity index (χ3v) is 4.32. The van der Waals surface area contributed by atoms with Crippen molar-refractivity contribution in [3.63, 3.8) is 0 Å². The molecule has 0 aromatic heterocycles. The maximum Gasteiger partial charge on any atom is 0.191 e. The molecule has 0 bridgehead atoms. The Labute approximate surface area is 175 Å². The number of rotatable bonds is 8. The lowest BCUT2D eigenvalue weighted by atomic mass is 10.1. The molecule has 2 rings (SSSR count). The van der Waals surface area contributed by atoms with Crippen molar-refractivity contribution < 1.29 is 9.47 Å². The number of hydrogen-bond donors (Lipinski definition) is 2.